The lowest BCUT2D eigenvalue weighted by Crippen LogP contribution is -2.09. The largest absolute Gasteiger partial charge is 0.311 e. The molecule has 0 fully saturated rings. The molecule has 0 saturated heterocycles. The van der Waals surface area contributed by atoms with Crippen LogP contribution < -0.4 is 9.80 Å². The minimum atomic E-state index is 1.13. The summed E-state index contributed by atoms with van der Waals surface area (Å²) < 4.78 is 0. The van der Waals surface area contributed by atoms with E-state index in [4.69, 9.17) is 0 Å². The smallest absolute Gasteiger partial charge is 0.0462 e. The minimum Gasteiger partial charge on any atom is -0.311 e. The molecule has 0 bridgehead atoms. The quantitative estimate of drug-likeness (QED) is 0.137. The fourth-order valence-electron chi connectivity index (χ4n) is 6.01. The van der Waals surface area contributed by atoms with Crippen molar-refractivity contribution in [2.45, 2.75) is 13.8 Å². The van der Waals surface area contributed by atoms with Crippen LogP contribution in [0.5, 0.6) is 0 Å². The lowest BCUT2D eigenvalue weighted by Gasteiger charge is -2.25. The standard InChI is InChI=1S/C48H40N2/c1-37-13-29-45(30-14-37)50(46-31-15-38(2)16-32-46)48-35-27-42(28-36-48)24-22-40-19-17-39(18-20-40)21-23-41-25-33-47(34-26-41)49(43-9-5-3-6-10-43)44-11-7-4-8-12-44/h3-36H,1-2H3. The van der Waals surface area contributed by atoms with E-state index in [0.717, 1.165) is 50.8 Å². The van der Waals surface area contributed by atoms with Gasteiger partial charge in [0.05, 0.1) is 0 Å². The summed E-state index contributed by atoms with van der Waals surface area (Å²) in [6.07, 6.45) is 8.68. The van der Waals surface area contributed by atoms with Gasteiger partial charge in [-0.25, -0.2) is 0 Å². The average molecular weight is 645 g/mol. The van der Waals surface area contributed by atoms with Gasteiger partial charge in [0.2, 0.25) is 0 Å². The van der Waals surface area contributed by atoms with Crippen molar-refractivity contribution in [2.24, 2.45) is 0 Å². The second kappa shape index (κ2) is 15.2. The molecule has 7 aromatic carbocycles. The van der Waals surface area contributed by atoms with E-state index in [2.05, 4.69) is 230 Å². The van der Waals surface area contributed by atoms with E-state index < -0.39 is 0 Å². The highest BCUT2D eigenvalue weighted by atomic mass is 15.1. The van der Waals surface area contributed by atoms with Crippen molar-refractivity contribution in [3.05, 3.63) is 215 Å². The molecule has 0 aliphatic rings. The van der Waals surface area contributed by atoms with Gasteiger partial charge in [-0.2, -0.15) is 0 Å². The van der Waals surface area contributed by atoms with E-state index in [1.165, 1.54) is 16.7 Å². The normalized spacial score (nSPS) is 11.2. The molecule has 0 aliphatic heterocycles. The van der Waals surface area contributed by atoms with E-state index in [9.17, 15) is 0 Å². The van der Waals surface area contributed by atoms with Crippen molar-refractivity contribution in [3.8, 4) is 0 Å². The third-order valence-electron chi connectivity index (χ3n) is 8.79. The Morgan fingerprint density at radius 3 is 0.760 bits per heavy atom. The summed E-state index contributed by atoms with van der Waals surface area (Å²) in [6, 6.07) is 64.5. The van der Waals surface area contributed by atoms with Crippen LogP contribution in [0, 0.1) is 13.8 Å². The highest BCUT2D eigenvalue weighted by Gasteiger charge is 2.13. The fraction of sp³-hybridized carbons (Fsp3) is 0.0417. The zero-order chi connectivity index (χ0) is 34.1. The van der Waals surface area contributed by atoms with E-state index in [1.54, 1.807) is 0 Å². The summed E-state index contributed by atoms with van der Waals surface area (Å²) in [5, 5.41) is 0. The van der Waals surface area contributed by atoms with Gasteiger partial charge < -0.3 is 9.80 Å². The van der Waals surface area contributed by atoms with Crippen LogP contribution in [0.25, 0.3) is 24.3 Å². The first-order chi connectivity index (χ1) is 24.6. The van der Waals surface area contributed by atoms with Crippen molar-refractivity contribution in [2.75, 3.05) is 9.80 Å². The molecule has 7 rings (SSSR count). The second-order valence-electron chi connectivity index (χ2n) is 12.5. The number of benzene rings is 7. The predicted molar refractivity (Wildman–Crippen MR) is 216 cm³/mol. The zero-order valence-corrected chi connectivity index (χ0v) is 28.5. The maximum atomic E-state index is 2.30. The van der Waals surface area contributed by atoms with Crippen LogP contribution in [-0.4, -0.2) is 0 Å². The van der Waals surface area contributed by atoms with Gasteiger partial charge in [0.25, 0.3) is 0 Å². The molecule has 242 valence electrons. The lowest BCUT2D eigenvalue weighted by molar-refractivity contribution is 1.27. The SMILES string of the molecule is Cc1ccc(N(c2ccc(C)cc2)c2ccc(C=Cc3ccc(C=Cc4ccc(N(c5ccccc5)c5ccccc5)cc4)cc3)cc2)cc1. The van der Waals surface area contributed by atoms with Gasteiger partial charge in [-0.15, -0.1) is 0 Å². The maximum Gasteiger partial charge on any atom is 0.0462 e. The molecular formula is C48H40N2. The molecule has 2 heteroatoms. The molecular weight excluding hydrogens is 605 g/mol. The Bertz CT molecular complexity index is 2080. The highest BCUT2D eigenvalue weighted by molar-refractivity contribution is 5.80. The minimum absolute atomic E-state index is 1.13. The number of rotatable bonds is 10. The van der Waals surface area contributed by atoms with Crippen molar-refractivity contribution in [1.29, 1.82) is 0 Å². The number of anilines is 6. The number of hydrogen-bond acceptors (Lipinski definition) is 2. The Hall–Kier alpha value is -6.38. The lowest BCUT2D eigenvalue weighted by atomic mass is 10.1. The Labute approximate surface area is 296 Å². The molecule has 2 nitrogen and oxygen atoms in total. The van der Waals surface area contributed by atoms with Gasteiger partial charge in [0.1, 0.15) is 0 Å². The highest BCUT2D eigenvalue weighted by Crippen LogP contribution is 2.36. The number of aryl methyl sites for hydroxylation is 2. The Balaban J connectivity index is 1.02. The summed E-state index contributed by atoms with van der Waals surface area (Å²) in [4.78, 5) is 4.58. The van der Waals surface area contributed by atoms with Crippen LogP contribution in [0.3, 0.4) is 0 Å². The first-order valence-corrected chi connectivity index (χ1v) is 17.1. The summed E-state index contributed by atoms with van der Waals surface area (Å²) >= 11 is 0. The maximum absolute atomic E-state index is 2.30. The predicted octanol–water partition coefficient (Wildman–Crippen LogP) is 13.6. The molecule has 0 saturated carbocycles. The van der Waals surface area contributed by atoms with Gasteiger partial charge >= 0.3 is 0 Å². The van der Waals surface area contributed by atoms with Crippen molar-refractivity contribution in [1.82, 2.24) is 0 Å². The van der Waals surface area contributed by atoms with E-state index in [1.807, 2.05) is 0 Å². The zero-order valence-electron chi connectivity index (χ0n) is 28.5. The first kappa shape index (κ1) is 32.2. The fourth-order valence-corrected chi connectivity index (χ4v) is 6.01. The van der Waals surface area contributed by atoms with Crippen LogP contribution >= 0.6 is 0 Å². The molecule has 0 atom stereocenters. The Kier molecular flexibility index (Phi) is 9.80. The van der Waals surface area contributed by atoms with Crippen LogP contribution in [0.4, 0.5) is 34.1 Å². The molecule has 0 aromatic heterocycles. The second-order valence-corrected chi connectivity index (χ2v) is 12.5. The third-order valence-corrected chi connectivity index (χ3v) is 8.79. The van der Waals surface area contributed by atoms with Gasteiger partial charge in [-0.05, 0) is 109 Å². The van der Waals surface area contributed by atoms with Crippen LogP contribution in [0.15, 0.2) is 182 Å². The van der Waals surface area contributed by atoms with Gasteiger partial charge in [0.15, 0.2) is 0 Å². The number of hydrogen-bond donors (Lipinski definition) is 0. The molecule has 0 radical (unpaired) electrons. The van der Waals surface area contributed by atoms with Crippen LogP contribution in [-0.2, 0) is 0 Å². The monoisotopic (exact) mass is 644 g/mol. The van der Waals surface area contributed by atoms with Crippen molar-refractivity contribution < 1.29 is 0 Å². The summed E-state index contributed by atoms with van der Waals surface area (Å²) in [5.74, 6) is 0. The summed E-state index contributed by atoms with van der Waals surface area (Å²) in [6.45, 7) is 4.25. The van der Waals surface area contributed by atoms with E-state index in [0.29, 0.717) is 0 Å². The molecule has 0 amide bonds. The average Bonchev–Trinajstić information content (AvgIpc) is 3.17. The molecule has 50 heavy (non-hydrogen) atoms. The summed E-state index contributed by atoms with van der Waals surface area (Å²) in [5.41, 5.74) is 14.0. The van der Waals surface area contributed by atoms with E-state index >= 15 is 0 Å². The van der Waals surface area contributed by atoms with E-state index in [-0.39, 0.29) is 0 Å². The molecule has 0 N–H and O–H groups in total. The topological polar surface area (TPSA) is 6.48 Å². The summed E-state index contributed by atoms with van der Waals surface area (Å²) in [7, 11) is 0. The molecule has 0 aliphatic carbocycles. The molecule has 0 spiro atoms. The van der Waals surface area contributed by atoms with Crippen molar-refractivity contribution in [3.63, 3.8) is 0 Å². The van der Waals surface area contributed by atoms with Gasteiger partial charge in [-0.3, -0.25) is 0 Å². The first-order valence-electron chi connectivity index (χ1n) is 17.1. The molecule has 0 heterocycles. The third kappa shape index (κ3) is 7.84. The Morgan fingerprint density at radius 2 is 0.480 bits per heavy atom. The van der Waals surface area contributed by atoms with Crippen molar-refractivity contribution >= 4 is 58.4 Å². The van der Waals surface area contributed by atoms with Crippen LogP contribution in [0.1, 0.15) is 33.4 Å². The van der Waals surface area contributed by atoms with Gasteiger partial charge in [0, 0.05) is 34.1 Å². The Morgan fingerprint density at radius 1 is 0.260 bits per heavy atom. The number of nitrogens with zero attached hydrogens (tertiary/aromatic N) is 2. The number of para-hydroxylation sites is 2. The van der Waals surface area contributed by atoms with Gasteiger partial charge in [-0.1, -0.05) is 145 Å². The molecule has 7 aromatic rings. The van der Waals surface area contributed by atoms with Crippen LogP contribution in [0.2, 0.25) is 0 Å². The molecule has 0 unspecified atom stereocenters.